The first-order chi connectivity index (χ1) is 8.99. The highest BCUT2D eigenvalue weighted by atomic mass is 32.1. The van der Waals surface area contributed by atoms with Gasteiger partial charge in [0.15, 0.2) is 0 Å². The molecule has 1 atom stereocenters. The minimum absolute atomic E-state index is 0.390. The van der Waals surface area contributed by atoms with Crippen molar-refractivity contribution in [2.75, 3.05) is 0 Å². The number of nitrogens with one attached hydrogen (secondary N) is 1. The Morgan fingerprint density at radius 1 is 1.00 bits per heavy atom. The average molecular weight is 273 g/mol. The highest BCUT2D eigenvalue weighted by Crippen LogP contribution is 2.23. The van der Waals surface area contributed by atoms with E-state index in [4.69, 9.17) is 0 Å². The molecule has 0 bridgehead atoms. The minimum atomic E-state index is 0.390. The van der Waals surface area contributed by atoms with Crippen molar-refractivity contribution in [2.24, 2.45) is 0 Å². The fourth-order valence-corrected chi connectivity index (χ4v) is 3.25. The summed E-state index contributed by atoms with van der Waals surface area (Å²) in [6.07, 6.45) is 0. The Balaban J connectivity index is 2.10. The summed E-state index contributed by atoms with van der Waals surface area (Å²) < 4.78 is 0. The van der Waals surface area contributed by atoms with Crippen LogP contribution in [0.3, 0.4) is 0 Å². The van der Waals surface area contributed by atoms with Gasteiger partial charge in [0.25, 0.3) is 0 Å². The lowest BCUT2D eigenvalue weighted by Crippen LogP contribution is -2.19. The van der Waals surface area contributed by atoms with Crippen LogP contribution in [0.5, 0.6) is 0 Å². The van der Waals surface area contributed by atoms with Crippen LogP contribution in [-0.2, 0) is 6.54 Å². The Labute approximate surface area is 120 Å². The lowest BCUT2D eigenvalue weighted by Gasteiger charge is -2.18. The standard InChI is InChI=1S/C17H23NS/c1-11-6-7-19-17(11)10-18-15(5)16-9-13(3)12(2)8-14(16)4/h6-9,15,18H,10H2,1-5H3. The van der Waals surface area contributed by atoms with Gasteiger partial charge in [-0.1, -0.05) is 12.1 Å². The number of hydrogen-bond acceptors (Lipinski definition) is 2. The first-order valence-corrected chi connectivity index (χ1v) is 7.71. The molecule has 2 heteroatoms. The molecule has 0 saturated carbocycles. The first-order valence-electron chi connectivity index (χ1n) is 6.83. The van der Waals surface area contributed by atoms with Crippen molar-refractivity contribution in [3.8, 4) is 0 Å². The van der Waals surface area contributed by atoms with Crippen molar-refractivity contribution in [3.05, 3.63) is 56.3 Å². The van der Waals surface area contributed by atoms with E-state index in [0.29, 0.717) is 6.04 Å². The van der Waals surface area contributed by atoms with Crippen LogP contribution in [0, 0.1) is 27.7 Å². The van der Waals surface area contributed by atoms with E-state index in [9.17, 15) is 0 Å². The molecule has 0 radical (unpaired) electrons. The van der Waals surface area contributed by atoms with Crippen LogP contribution in [0.25, 0.3) is 0 Å². The van der Waals surface area contributed by atoms with Crippen LogP contribution in [0.2, 0.25) is 0 Å². The second kappa shape index (κ2) is 5.89. The van der Waals surface area contributed by atoms with Crippen LogP contribution < -0.4 is 5.32 Å². The van der Waals surface area contributed by atoms with Crippen molar-refractivity contribution >= 4 is 11.3 Å². The summed E-state index contributed by atoms with van der Waals surface area (Å²) in [5.74, 6) is 0. The maximum absolute atomic E-state index is 3.64. The second-order valence-corrected chi connectivity index (χ2v) is 6.42. The van der Waals surface area contributed by atoms with E-state index in [1.54, 1.807) is 0 Å². The normalized spacial score (nSPS) is 12.7. The Kier molecular flexibility index (Phi) is 4.43. The van der Waals surface area contributed by atoms with Crippen LogP contribution >= 0.6 is 11.3 Å². The van der Waals surface area contributed by atoms with E-state index in [1.165, 1.54) is 32.7 Å². The Morgan fingerprint density at radius 3 is 2.32 bits per heavy atom. The van der Waals surface area contributed by atoms with Gasteiger partial charge >= 0.3 is 0 Å². The third-order valence-electron chi connectivity index (χ3n) is 3.89. The third kappa shape index (κ3) is 3.26. The quantitative estimate of drug-likeness (QED) is 0.841. The molecule has 0 spiro atoms. The first kappa shape index (κ1) is 14.3. The van der Waals surface area contributed by atoms with Gasteiger partial charge in [0.2, 0.25) is 0 Å². The van der Waals surface area contributed by atoms with Crippen molar-refractivity contribution < 1.29 is 0 Å². The van der Waals surface area contributed by atoms with E-state index in [0.717, 1.165) is 6.54 Å². The molecule has 19 heavy (non-hydrogen) atoms. The highest BCUT2D eigenvalue weighted by Gasteiger charge is 2.10. The number of thiophene rings is 1. The molecule has 1 nitrogen and oxygen atoms in total. The average Bonchev–Trinajstić information content (AvgIpc) is 2.76. The molecule has 1 unspecified atom stereocenters. The van der Waals surface area contributed by atoms with Crippen LogP contribution in [-0.4, -0.2) is 0 Å². The predicted molar refractivity (Wildman–Crippen MR) is 85.0 cm³/mol. The largest absolute Gasteiger partial charge is 0.305 e. The van der Waals surface area contributed by atoms with Crippen LogP contribution in [0.1, 0.15) is 45.7 Å². The molecule has 2 rings (SSSR count). The van der Waals surface area contributed by atoms with Gasteiger partial charge in [0, 0.05) is 17.5 Å². The molecular formula is C17H23NS. The van der Waals surface area contributed by atoms with Crippen molar-refractivity contribution in [1.82, 2.24) is 5.32 Å². The summed E-state index contributed by atoms with van der Waals surface area (Å²) in [6.45, 7) is 12.0. The smallest absolute Gasteiger partial charge is 0.0308 e. The van der Waals surface area contributed by atoms with E-state index in [1.807, 2.05) is 11.3 Å². The zero-order valence-electron chi connectivity index (χ0n) is 12.5. The molecule has 0 aliphatic heterocycles. The van der Waals surface area contributed by atoms with Gasteiger partial charge in [0.05, 0.1) is 0 Å². The van der Waals surface area contributed by atoms with Crippen LogP contribution in [0.15, 0.2) is 23.6 Å². The second-order valence-electron chi connectivity index (χ2n) is 5.42. The SMILES string of the molecule is Cc1cc(C)c(C(C)NCc2sccc2C)cc1C. The third-order valence-corrected chi connectivity index (χ3v) is 4.91. The predicted octanol–water partition coefficient (Wildman–Crippen LogP) is 4.83. The van der Waals surface area contributed by atoms with Crippen molar-refractivity contribution in [1.29, 1.82) is 0 Å². The number of aryl methyl sites for hydroxylation is 4. The van der Waals surface area contributed by atoms with Gasteiger partial charge in [-0.05, 0) is 73.9 Å². The Hall–Kier alpha value is -1.12. The highest BCUT2D eigenvalue weighted by molar-refractivity contribution is 7.10. The summed E-state index contributed by atoms with van der Waals surface area (Å²) in [4.78, 5) is 1.44. The summed E-state index contributed by atoms with van der Waals surface area (Å²) in [7, 11) is 0. The number of benzene rings is 1. The maximum Gasteiger partial charge on any atom is 0.0308 e. The molecule has 1 N–H and O–H groups in total. The van der Waals surface area contributed by atoms with Gasteiger partial charge in [-0.15, -0.1) is 11.3 Å². The Morgan fingerprint density at radius 2 is 1.68 bits per heavy atom. The summed E-state index contributed by atoms with van der Waals surface area (Å²) in [5, 5.41) is 5.81. The zero-order valence-corrected chi connectivity index (χ0v) is 13.3. The van der Waals surface area contributed by atoms with Crippen molar-refractivity contribution in [2.45, 2.75) is 47.2 Å². The van der Waals surface area contributed by atoms with Gasteiger partial charge in [-0.2, -0.15) is 0 Å². The van der Waals surface area contributed by atoms with Gasteiger partial charge < -0.3 is 5.32 Å². The molecule has 1 aromatic carbocycles. The molecule has 0 amide bonds. The minimum Gasteiger partial charge on any atom is -0.305 e. The molecule has 0 aliphatic carbocycles. The van der Waals surface area contributed by atoms with Crippen LogP contribution in [0.4, 0.5) is 0 Å². The zero-order chi connectivity index (χ0) is 14.0. The summed E-state index contributed by atoms with van der Waals surface area (Å²) in [5.41, 5.74) is 6.94. The fourth-order valence-electron chi connectivity index (χ4n) is 2.39. The van der Waals surface area contributed by atoms with Gasteiger partial charge in [0.1, 0.15) is 0 Å². The molecule has 0 fully saturated rings. The van der Waals surface area contributed by atoms with E-state index in [-0.39, 0.29) is 0 Å². The lowest BCUT2D eigenvalue weighted by atomic mass is 9.96. The van der Waals surface area contributed by atoms with Gasteiger partial charge in [-0.3, -0.25) is 0 Å². The summed E-state index contributed by atoms with van der Waals surface area (Å²) >= 11 is 1.83. The molecule has 0 aliphatic rings. The molecular weight excluding hydrogens is 250 g/mol. The maximum atomic E-state index is 3.64. The number of rotatable bonds is 4. The van der Waals surface area contributed by atoms with E-state index >= 15 is 0 Å². The lowest BCUT2D eigenvalue weighted by molar-refractivity contribution is 0.575. The van der Waals surface area contributed by atoms with E-state index < -0.39 is 0 Å². The van der Waals surface area contributed by atoms with E-state index in [2.05, 4.69) is 63.5 Å². The monoisotopic (exact) mass is 273 g/mol. The van der Waals surface area contributed by atoms with Crippen molar-refractivity contribution in [3.63, 3.8) is 0 Å². The molecule has 1 heterocycles. The molecule has 2 aromatic rings. The molecule has 102 valence electrons. The van der Waals surface area contributed by atoms with Gasteiger partial charge in [-0.25, -0.2) is 0 Å². The Bertz CT molecular complexity index is 569. The molecule has 0 saturated heterocycles. The topological polar surface area (TPSA) is 12.0 Å². The molecule has 1 aromatic heterocycles. The number of hydrogen-bond donors (Lipinski definition) is 1. The summed E-state index contributed by atoms with van der Waals surface area (Å²) in [6, 6.07) is 7.19. The fraction of sp³-hybridized carbons (Fsp3) is 0.412.